The van der Waals surface area contributed by atoms with Gasteiger partial charge in [0.1, 0.15) is 0 Å². The zero-order valence-corrected chi connectivity index (χ0v) is 12.1. The molecule has 1 heterocycles. The first kappa shape index (κ1) is 14.3. The van der Waals surface area contributed by atoms with E-state index in [1.54, 1.807) is 0 Å². The number of nitrogens with zero attached hydrogens (tertiary/aromatic N) is 2. The van der Waals surface area contributed by atoms with E-state index >= 15 is 0 Å². The number of anilines is 1. The molecule has 106 valence electrons. The molecule has 1 aliphatic rings. The maximum Gasteiger partial charge on any atom is 0.0367 e. The lowest BCUT2D eigenvalue weighted by Gasteiger charge is -2.34. The molecule has 1 aromatic carbocycles. The van der Waals surface area contributed by atoms with Crippen molar-refractivity contribution in [3.05, 3.63) is 29.8 Å². The second-order valence-corrected chi connectivity index (χ2v) is 5.56. The fourth-order valence-electron chi connectivity index (χ4n) is 2.33. The molecular formula is C15H26N4. The summed E-state index contributed by atoms with van der Waals surface area (Å²) in [6, 6.07) is 9.09. The van der Waals surface area contributed by atoms with Crippen LogP contribution in [0.4, 0.5) is 5.69 Å². The summed E-state index contributed by atoms with van der Waals surface area (Å²) in [6.07, 6.45) is 0. The molecule has 1 atom stereocenters. The molecule has 1 aliphatic heterocycles. The van der Waals surface area contributed by atoms with Crippen molar-refractivity contribution in [2.24, 2.45) is 5.73 Å². The van der Waals surface area contributed by atoms with Gasteiger partial charge in [-0.25, -0.2) is 0 Å². The first-order chi connectivity index (χ1) is 9.15. The molecule has 1 unspecified atom stereocenters. The Hall–Kier alpha value is -1.10. The third-order valence-electron chi connectivity index (χ3n) is 3.60. The van der Waals surface area contributed by atoms with Crippen LogP contribution in [0.3, 0.4) is 0 Å². The van der Waals surface area contributed by atoms with Crippen molar-refractivity contribution < 1.29 is 0 Å². The van der Waals surface area contributed by atoms with Crippen LogP contribution in [0.25, 0.3) is 0 Å². The summed E-state index contributed by atoms with van der Waals surface area (Å²) in [4.78, 5) is 4.84. The zero-order valence-electron chi connectivity index (χ0n) is 12.1. The highest BCUT2D eigenvalue weighted by Gasteiger charge is 2.13. The maximum absolute atomic E-state index is 5.72. The Labute approximate surface area is 116 Å². The minimum atomic E-state index is 0.213. The van der Waals surface area contributed by atoms with Crippen molar-refractivity contribution in [1.29, 1.82) is 0 Å². The fraction of sp³-hybridized carbons (Fsp3) is 0.600. The molecule has 2 rings (SSSR count). The summed E-state index contributed by atoms with van der Waals surface area (Å²) in [5, 5.41) is 3.36. The molecule has 0 bridgehead atoms. The zero-order chi connectivity index (χ0) is 13.7. The van der Waals surface area contributed by atoms with Crippen LogP contribution in [0.1, 0.15) is 12.5 Å². The topological polar surface area (TPSA) is 44.5 Å². The molecule has 1 fully saturated rings. The SMILES string of the molecule is CC(N)CNCc1ccc(N2CCN(C)CC2)cc1. The molecule has 0 radical (unpaired) electrons. The van der Waals surface area contributed by atoms with Gasteiger partial charge in [0.05, 0.1) is 0 Å². The Kier molecular flexibility index (Phi) is 5.19. The van der Waals surface area contributed by atoms with Crippen LogP contribution < -0.4 is 16.0 Å². The summed E-state index contributed by atoms with van der Waals surface area (Å²) >= 11 is 0. The standard InChI is InChI=1S/C15H26N4/c1-13(16)11-17-12-14-3-5-15(6-4-14)19-9-7-18(2)8-10-19/h3-6,13,17H,7-12,16H2,1-2H3. The molecule has 0 spiro atoms. The van der Waals surface area contributed by atoms with Crippen molar-refractivity contribution in [3.63, 3.8) is 0 Å². The van der Waals surface area contributed by atoms with Crippen LogP contribution in [-0.2, 0) is 6.54 Å². The van der Waals surface area contributed by atoms with E-state index < -0.39 is 0 Å². The number of rotatable bonds is 5. The van der Waals surface area contributed by atoms with E-state index in [1.165, 1.54) is 11.3 Å². The third kappa shape index (κ3) is 4.49. The van der Waals surface area contributed by atoms with E-state index in [2.05, 4.69) is 46.4 Å². The average Bonchev–Trinajstić information content (AvgIpc) is 2.40. The van der Waals surface area contributed by atoms with Crippen LogP contribution in [0.5, 0.6) is 0 Å². The van der Waals surface area contributed by atoms with Crippen molar-refractivity contribution in [3.8, 4) is 0 Å². The van der Waals surface area contributed by atoms with Crippen LogP contribution in [0, 0.1) is 0 Å². The fourth-order valence-corrected chi connectivity index (χ4v) is 2.33. The third-order valence-corrected chi connectivity index (χ3v) is 3.60. The predicted molar refractivity (Wildman–Crippen MR) is 81.5 cm³/mol. The molecule has 4 heteroatoms. The van der Waals surface area contributed by atoms with Crippen LogP contribution in [0.15, 0.2) is 24.3 Å². The van der Waals surface area contributed by atoms with Gasteiger partial charge >= 0.3 is 0 Å². The smallest absolute Gasteiger partial charge is 0.0367 e. The lowest BCUT2D eigenvalue weighted by Crippen LogP contribution is -2.44. The summed E-state index contributed by atoms with van der Waals surface area (Å²) in [5.74, 6) is 0. The van der Waals surface area contributed by atoms with Gasteiger partial charge in [0.25, 0.3) is 0 Å². The highest BCUT2D eigenvalue weighted by molar-refractivity contribution is 5.48. The van der Waals surface area contributed by atoms with E-state index in [1.807, 2.05) is 6.92 Å². The van der Waals surface area contributed by atoms with Crippen molar-refractivity contribution >= 4 is 5.69 Å². The second-order valence-electron chi connectivity index (χ2n) is 5.56. The van der Waals surface area contributed by atoms with Gasteiger partial charge in [0.15, 0.2) is 0 Å². The molecule has 0 aromatic heterocycles. The number of likely N-dealkylation sites (N-methyl/N-ethyl adjacent to an activating group) is 1. The largest absolute Gasteiger partial charge is 0.369 e. The Balaban J connectivity index is 1.84. The van der Waals surface area contributed by atoms with Crippen molar-refractivity contribution in [2.45, 2.75) is 19.5 Å². The van der Waals surface area contributed by atoms with Crippen molar-refractivity contribution in [1.82, 2.24) is 10.2 Å². The predicted octanol–water partition coefficient (Wildman–Crippen LogP) is 0.875. The van der Waals surface area contributed by atoms with Gasteiger partial charge in [-0.05, 0) is 31.7 Å². The summed E-state index contributed by atoms with van der Waals surface area (Å²) in [7, 11) is 2.19. The van der Waals surface area contributed by atoms with E-state index in [0.717, 1.165) is 39.3 Å². The van der Waals surface area contributed by atoms with Gasteiger partial charge in [-0.1, -0.05) is 12.1 Å². The van der Waals surface area contributed by atoms with Gasteiger partial charge in [0.2, 0.25) is 0 Å². The quantitative estimate of drug-likeness (QED) is 0.827. The highest BCUT2D eigenvalue weighted by Crippen LogP contribution is 2.16. The molecule has 0 aliphatic carbocycles. The number of hydrogen-bond acceptors (Lipinski definition) is 4. The molecule has 0 saturated carbocycles. The monoisotopic (exact) mass is 262 g/mol. The summed E-state index contributed by atoms with van der Waals surface area (Å²) in [5.41, 5.74) is 8.37. The number of nitrogens with two attached hydrogens (primary N) is 1. The molecule has 1 aromatic rings. The van der Waals surface area contributed by atoms with Gasteiger partial charge in [-0.15, -0.1) is 0 Å². The van der Waals surface area contributed by atoms with E-state index in [4.69, 9.17) is 5.73 Å². The molecular weight excluding hydrogens is 236 g/mol. The molecule has 1 saturated heterocycles. The summed E-state index contributed by atoms with van der Waals surface area (Å²) < 4.78 is 0. The summed E-state index contributed by atoms with van der Waals surface area (Å²) in [6.45, 7) is 8.32. The van der Waals surface area contributed by atoms with Crippen LogP contribution >= 0.6 is 0 Å². The Morgan fingerprint density at radius 2 is 1.79 bits per heavy atom. The normalized spacial score (nSPS) is 18.6. The Morgan fingerprint density at radius 3 is 2.37 bits per heavy atom. The lowest BCUT2D eigenvalue weighted by atomic mass is 10.1. The number of benzene rings is 1. The van der Waals surface area contributed by atoms with E-state index in [9.17, 15) is 0 Å². The van der Waals surface area contributed by atoms with Gasteiger partial charge in [0, 0.05) is 51.0 Å². The Morgan fingerprint density at radius 1 is 1.16 bits per heavy atom. The number of hydrogen-bond donors (Lipinski definition) is 2. The Bertz CT molecular complexity index is 366. The lowest BCUT2D eigenvalue weighted by molar-refractivity contribution is 0.313. The first-order valence-corrected chi connectivity index (χ1v) is 7.14. The first-order valence-electron chi connectivity index (χ1n) is 7.14. The molecule has 19 heavy (non-hydrogen) atoms. The maximum atomic E-state index is 5.72. The van der Waals surface area contributed by atoms with E-state index in [-0.39, 0.29) is 6.04 Å². The average molecular weight is 262 g/mol. The van der Waals surface area contributed by atoms with Gasteiger partial charge in [-0.2, -0.15) is 0 Å². The molecule has 0 amide bonds. The van der Waals surface area contributed by atoms with Gasteiger partial charge < -0.3 is 20.9 Å². The molecule has 3 N–H and O–H groups in total. The number of nitrogens with one attached hydrogen (secondary N) is 1. The second kappa shape index (κ2) is 6.89. The minimum absolute atomic E-state index is 0.213. The minimum Gasteiger partial charge on any atom is -0.369 e. The van der Waals surface area contributed by atoms with Crippen molar-refractivity contribution in [2.75, 3.05) is 44.7 Å². The van der Waals surface area contributed by atoms with Crippen LogP contribution in [0.2, 0.25) is 0 Å². The van der Waals surface area contributed by atoms with E-state index in [0.29, 0.717) is 0 Å². The highest BCUT2D eigenvalue weighted by atomic mass is 15.2. The van der Waals surface area contributed by atoms with Crippen LogP contribution in [-0.4, -0.2) is 50.7 Å². The molecule has 4 nitrogen and oxygen atoms in total. The van der Waals surface area contributed by atoms with Gasteiger partial charge in [-0.3, -0.25) is 0 Å². The number of piperazine rings is 1.